The van der Waals surface area contributed by atoms with Crippen molar-refractivity contribution in [2.75, 3.05) is 12.4 Å². The minimum absolute atomic E-state index is 0.206. The Morgan fingerprint density at radius 1 is 1.63 bits per heavy atom. The third-order valence-electron chi connectivity index (χ3n) is 2.49. The fourth-order valence-electron chi connectivity index (χ4n) is 1.62. The van der Waals surface area contributed by atoms with Crippen LogP contribution < -0.4 is 5.32 Å². The van der Waals surface area contributed by atoms with E-state index in [1.165, 1.54) is 18.4 Å². The number of nitrogens with zero attached hydrogens (tertiary/aromatic N) is 3. The van der Waals surface area contributed by atoms with Gasteiger partial charge in [0.25, 0.3) is 0 Å². The molecule has 0 aromatic carbocycles. The Balaban J connectivity index is 1.87. The number of methoxy groups -OCH3 is 1. The lowest BCUT2D eigenvalue weighted by molar-refractivity contribution is -0.139. The van der Waals surface area contributed by atoms with Gasteiger partial charge in [0.05, 0.1) is 25.8 Å². The van der Waals surface area contributed by atoms with Crippen LogP contribution in [0.15, 0.2) is 23.8 Å². The molecule has 7 heteroatoms. The normalized spacial score (nSPS) is 12.1. The van der Waals surface area contributed by atoms with Crippen LogP contribution in [0.25, 0.3) is 0 Å². The number of nitrogens with one attached hydrogen (secondary N) is 1. The number of anilines is 1. The number of ether oxygens (including phenoxy) is 1. The van der Waals surface area contributed by atoms with Crippen LogP contribution in [-0.4, -0.2) is 33.9 Å². The summed E-state index contributed by atoms with van der Waals surface area (Å²) in [5, 5.41) is 10.1. The SMILES string of the molecule is COC(=O)Cc1csc(NC(C)Cn2cccn2)n1. The van der Waals surface area contributed by atoms with Crippen molar-refractivity contribution in [1.29, 1.82) is 0 Å². The molecule has 19 heavy (non-hydrogen) atoms. The molecule has 0 radical (unpaired) electrons. The van der Waals surface area contributed by atoms with Crippen LogP contribution in [0.2, 0.25) is 0 Å². The van der Waals surface area contributed by atoms with Gasteiger partial charge in [-0.15, -0.1) is 11.3 Å². The van der Waals surface area contributed by atoms with E-state index in [2.05, 4.69) is 27.1 Å². The molecular weight excluding hydrogens is 264 g/mol. The van der Waals surface area contributed by atoms with Crippen molar-refractivity contribution in [2.45, 2.75) is 25.9 Å². The first-order chi connectivity index (χ1) is 9.17. The maximum atomic E-state index is 11.1. The number of esters is 1. The van der Waals surface area contributed by atoms with Crippen LogP contribution in [0.3, 0.4) is 0 Å². The first kappa shape index (κ1) is 13.5. The van der Waals surface area contributed by atoms with Crippen LogP contribution in [0.1, 0.15) is 12.6 Å². The zero-order valence-corrected chi connectivity index (χ0v) is 11.7. The summed E-state index contributed by atoms with van der Waals surface area (Å²) >= 11 is 1.48. The Labute approximate surface area is 115 Å². The van der Waals surface area contributed by atoms with Crippen LogP contribution >= 0.6 is 11.3 Å². The predicted molar refractivity (Wildman–Crippen MR) is 73.1 cm³/mol. The number of carbonyl (C=O) groups excluding carboxylic acids is 1. The molecule has 0 spiro atoms. The summed E-state index contributed by atoms with van der Waals surface area (Å²) < 4.78 is 6.47. The fraction of sp³-hybridized carbons (Fsp3) is 0.417. The van der Waals surface area contributed by atoms with Gasteiger partial charge in [-0.3, -0.25) is 9.48 Å². The quantitative estimate of drug-likeness (QED) is 0.813. The number of thiazole rings is 1. The Morgan fingerprint density at radius 3 is 3.16 bits per heavy atom. The Kier molecular flexibility index (Phi) is 4.51. The maximum Gasteiger partial charge on any atom is 0.311 e. The molecule has 0 bridgehead atoms. The van der Waals surface area contributed by atoms with E-state index in [-0.39, 0.29) is 18.4 Å². The van der Waals surface area contributed by atoms with E-state index in [0.29, 0.717) is 0 Å². The molecule has 0 aliphatic rings. The monoisotopic (exact) mass is 280 g/mol. The van der Waals surface area contributed by atoms with E-state index in [4.69, 9.17) is 0 Å². The van der Waals surface area contributed by atoms with Gasteiger partial charge in [-0.2, -0.15) is 5.10 Å². The number of hydrogen-bond acceptors (Lipinski definition) is 6. The van der Waals surface area contributed by atoms with E-state index in [0.717, 1.165) is 17.4 Å². The highest BCUT2D eigenvalue weighted by Gasteiger charge is 2.09. The molecule has 0 saturated heterocycles. The summed E-state index contributed by atoms with van der Waals surface area (Å²) in [4.78, 5) is 15.5. The minimum Gasteiger partial charge on any atom is -0.469 e. The molecule has 0 fully saturated rings. The van der Waals surface area contributed by atoms with E-state index in [1.807, 2.05) is 22.3 Å². The Morgan fingerprint density at radius 2 is 2.47 bits per heavy atom. The van der Waals surface area contributed by atoms with Gasteiger partial charge in [0.1, 0.15) is 0 Å². The molecule has 2 aromatic heterocycles. The van der Waals surface area contributed by atoms with Crippen molar-refractivity contribution in [3.05, 3.63) is 29.5 Å². The summed E-state index contributed by atoms with van der Waals surface area (Å²) in [7, 11) is 1.38. The predicted octanol–water partition coefficient (Wildman–Crippen LogP) is 1.56. The smallest absolute Gasteiger partial charge is 0.311 e. The molecule has 2 rings (SSSR count). The molecule has 102 valence electrons. The summed E-state index contributed by atoms with van der Waals surface area (Å²) in [5.41, 5.74) is 0.727. The minimum atomic E-state index is -0.276. The second-order valence-corrected chi connectivity index (χ2v) is 5.03. The first-order valence-corrected chi connectivity index (χ1v) is 6.80. The molecule has 6 nitrogen and oxygen atoms in total. The summed E-state index contributed by atoms with van der Waals surface area (Å²) in [6, 6.07) is 2.10. The lowest BCUT2D eigenvalue weighted by Crippen LogP contribution is -2.22. The zero-order valence-electron chi connectivity index (χ0n) is 10.9. The second-order valence-electron chi connectivity index (χ2n) is 4.17. The highest BCUT2D eigenvalue weighted by atomic mass is 32.1. The number of aromatic nitrogens is 3. The molecule has 0 saturated carbocycles. The van der Waals surface area contributed by atoms with Crippen molar-refractivity contribution in [2.24, 2.45) is 0 Å². The van der Waals surface area contributed by atoms with Crippen molar-refractivity contribution < 1.29 is 9.53 Å². The van der Waals surface area contributed by atoms with Crippen molar-refractivity contribution in [3.8, 4) is 0 Å². The van der Waals surface area contributed by atoms with E-state index in [9.17, 15) is 4.79 Å². The van der Waals surface area contributed by atoms with Crippen LogP contribution in [0.4, 0.5) is 5.13 Å². The zero-order chi connectivity index (χ0) is 13.7. The molecule has 2 aromatic rings. The van der Waals surface area contributed by atoms with Gasteiger partial charge in [0, 0.05) is 23.8 Å². The first-order valence-electron chi connectivity index (χ1n) is 5.92. The van der Waals surface area contributed by atoms with Gasteiger partial charge in [-0.25, -0.2) is 4.98 Å². The highest BCUT2D eigenvalue weighted by molar-refractivity contribution is 7.13. The van der Waals surface area contributed by atoms with Gasteiger partial charge in [-0.1, -0.05) is 0 Å². The summed E-state index contributed by atoms with van der Waals surface area (Å²) in [6.07, 6.45) is 3.88. The third-order valence-corrected chi connectivity index (χ3v) is 3.32. The van der Waals surface area contributed by atoms with Crippen LogP contribution in [-0.2, 0) is 22.5 Å². The molecule has 0 aliphatic carbocycles. The third kappa shape index (κ3) is 4.06. The topological polar surface area (TPSA) is 69.0 Å². The molecule has 2 heterocycles. The molecule has 1 atom stereocenters. The average Bonchev–Trinajstić information content (AvgIpc) is 3.01. The fourth-order valence-corrected chi connectivity index (χ4v) is 2.44. The molecule has 1 unspecified atom stereocenters. The van der Waals surface area contributed by atoms with Crippen LogP contribution in [0, 0.1) is 0 Å². The van der Waals surface area contributed by atoms with E-state index < -0.39 is 0 Å². The summed E-state index contributed by atoms with van der Waals surface area (Å²) in [6.45, 7) is 2.82. The van der Waals surface area contributed by atoms with Gasteiger partial charge in [0.2, 0.25) is 0 Å². The number of hydrogen-bond donors (Lipinski definition) is 1. The van der Waals surface area contributed by atoms with Crippen molar-refractivity contribution >= 4 is 22.4 Å². The van der Waals surface area contributed by atoms with Crippen molar-refractivity contribution in [3.63, 3.8) is 0 Å². The number of rotatable bonds is 6. The average molecular weight is 280 g/mol. The summed E-state index contributed by atoms with van der Waals surface area (Å²) in [5.74, 6) is -0.276. The van der Waals surface area contributed by atoms with E-state index in [1.54, 1.807) is 6.20 Å². The van der Waals surface area contributed by atoms with Gasteiger partial charge >= 0.3 is 5.97 Å². The van der Waals surface area contributed by atoms with Gasteiger partial charge in [-0.05, 0) is 13.0 Å². The van der Waals surface area contributed by atoms with Gasteiger partial charge in [0.15, 0.2) is 5.13 Å². The molecular formula is C12H16N4O2S. The maximum absolute atomic E-state index is 11.1. The Hall–Kier alpha value is -1.89. The lowest BCUT2D eigenvalue weighted by Gasteiger charge is -2.12. The lowest BCUT2D eigenvalue weighted by atomic mass is 10.3. The molecule has 0 amide bonds. The highest BCUT2D eigenvalue weighted by Crippen LogP contribution is 2.17. The van der Waals surface area contributed by atoms with Gasteiger partial charge < -0.3 is 10.1 Å². The molecule has 1 N–H and O–H groups in total. The molecule has 0 aliphatic heterocycles. The van der Waals surface area contributed by atoms with Crippen molar-refractivity contribution in [1.82, 2.24) is 14.8 Å². The second kappa shape index (κ2) is 6.33. The largest absolute Gasteiger partial charge is 0.469 e. The Bertz CT molecular complexity index is 524. The van der Waals surface area contributed by atoms with Crippen LogP contribution in [0.5, 0.6) is 0 Å². The number of carbonyl (C=O) groups is 1. The standard InChI is InChI=1S/C12H16N4O2S/c1-9(7-16-5-3-4-13-16)14-12-15-10(8-19-12)6-11(17)18-2/h3-5,8-9H,6-7H2,1-2H3,(H,14,15). The van der Waals surface area contributed by atoms with E-state index >= 15 is 0 Å².